The fraction of sp³-hybridized carbons (Fsp3) is 0.818. The van der Waals surface area contributed by atoms with Crippen LogP contribution in [0.1, 0.15) is 33.1 Å². The Labute approximate surface area is 85.0 Å². The third-order valence-corrected chi connectivity index (χ3v) is 3.07. The van der Waals surface area contributed by atoms with Crippen molar-refractivity contribution in [2.24, 2.45) is 23.5 Å². The summed E-state index contributed by atoms with van der Waals surface area (Å²) in [6.07, 6.45) is 2.70. The molecule has 1 unspecified atom stereocenters. The fourth-order valence-electron chi connectivity index (χ4n) is 2.27. The van der Waals surface area contributed by atoms with Crippen LogP contribution in [0.5, 0.6) is 0 Å². The Balaban J connectivity index is 2.68. The second-order valence-corrected chi connectivity index (χ2v) is 4.37. The van der Waals surface area contributed by atoms with E-state index >= 15 is 0 Å². The van der Waals surface area contributed by atoms with Crippen LogP contribution in [0.2, 0.25) is 0 Å². The van der Waals surface area contributed by atoms with Gasteiger partial charge in [-0.05, 0) is 12.8 Å². The molecule has 3 nitrogen and oxygen atoms in total. The maximum absolute atomic E-state index is 11.8. The van der Waals surface area contributed by atoms with Crippen molar-refractivity contribution >= 4 is 11.6 Å². The van der Waals surface area contributed by atoms with Crippen molar-refractivity contribution in [3.05, 3.63) is 0 Å². The summed E-state index contributed by atoms with van der Waals surface area (Å²) in [6.45, 7) is 3.86. The van der Waals surface area contributed by atoms with E-state index < -0.39 is 0 Å². The van der Waals surface area contributed by atoms with Crippen LogP contribution in [-0.4, -0.2) is 18.1 Å². The maximum atomic E-state index is 11.8. The summed E-state index contributed by atoms with van der Waals surface area (Å²) >= 11 is 0. The predicted octanol–water partition coefficient (Wildman–Crippen LogP) is 1.16. The smallest absolute Gasteiger partial charge is 0.150 e. The van der Waals surface area contributed by atoms with E-state index in [2.05, 4.69) is 0 Å². The van der Waals surface area contributed by atoms with Gasteiger partial charge in [0, 0.05) is 17.8 Å². The van der Waals surface area contributed by atoms with Crippen LogP contribution >= 0.6 is 0 Å². The Hall–Kier alpha value is -0.700. The molecular weight excluding hydrogens is 178 g/mol. The molecule has 0 saturated heterocycles. The highest BCUT2D eigenvalue weighted by Gasteiger charge is 2.37. The van der Waals surface area contributed by atoms with Gasteiger partial charge < -0.3 is 5.73 Å². The minimum absolute atomic E-state index is 0.0335. The monoisotopic (exact) mass is 197 g/mol. The summed E-state index contributed by atoms with van der Waals surface area (Å²) in [7, 11) is 0. The lowest BCUT2D eigenvalue weighted by molar-refractivity contribution is -0.132. The lowest BCUT2D eigenvalue weighted by Gasteiger charge is -2.18. The van der Waals surface area contributed by atoms with Crippen molar-refractivity contribution in [2.45, 2.75) is 33.1 Å². The van der Waals surface area contributed by atoms with Gasteiger partial charge in [0.15, 0.2) is 0 Å². The number of ketones is 2. The molecule has 0 aliphatic heterocycles. The highest BCUT2D eigenvalue weighted by molar-refractivity contribution is 5.91. The molecule has 0 heterocycles. The lowest BCUT2D eigenvalue weighted by Crippen LogP contribution is -2.31. The first-order chi connectivity index (χ1) is 6.57. The van der Waals surface area contributed by atoms with Crippen LogP contribution < -0.4 is 5.73 Å². The van der Waals surface area contributed by atoms with Crippen molar-refractivity contribution in [3.63, 3.8) is 0 Å². The Morgan fingerprint density at radius 2 is 1.86 bits per heavy atom. The maximum Gasteiger partial charge on any atom is 0.150 e. The summed E-state index contributed by atoms with van der Waals surface area (Å²) in [5.74, 6) is 0.183. The first-order valence-corrected chi connectivity index (χ1v) is 5.34. The molecule has 0 spiro atoms. The number of Topliss-reactive ketones (excluding diaryl/α,β-unsaturated/α-hetero) is 2. The molecule has 1 aliphatic carbocycles. The molecule has 0 aromatic carbocycles. The third kappa shape index (κ3) is 2.21. The molecule has 0 bridgehead atoms. The molecule has 2 atom stereocenters. The van der Waals surface area contributed by atoms with Crippen molar-refractivity contribution in [1.82, 2.24) is 0 Å². The summed E-state index contributed by atoms with van der Waals surface area (Å²) in [4.78, 5) is 23.3. The molecule has 1 fully saturated rings. The number of carbonyl (C=O) groups excluding carboxylic acids is 2. The summed E-state index contributed by atoms with van der Waals surface area (Å²) in [5, 5.41) is 0. The summed E-state index contributed by atoms with van der Waals surface area (Å²) in [5.41, 5.74) is 5.33. The van der Waals surface area contributed by atoms with E-state index in [-0.39, 0.29) is 35.9 Å². The van der Waals surface area contributed by atoms with Crippen LogP contribution in [-0.2, 0) is 9.59 Å². The molecule has 0 radical (unpaired) electrons. The molecule has 0 amide bonds. The zero-order valence-corrected chi connectivity index (χ0v) is 8.95. The Bertz CT molecular complexity index is 235. The second-order valence-electron chi connectivity index (χ2n) is 4.37. The normalized spacial score (nSPS) is 26.9. The van der Waals surface area contributed by atoms with E-state index in [9.17, 15) is 9.59 Å². The highest BCUT2D eigenvalue weighted by Crippen LogP contribution is 2.34. The molecule has 3 heteroatoms. The van der Waals surface area contributed by atoms with Gasteiger partial charge in [0.05, 0.1) is 6.54 Å². The second kappa shape index (κ2) is 4.69. The number of carbonyl (C=O) groups is 2. The zero-order chi connectivity index (χ0) is 10.7. The summed E-state index contributed by atoms with van der Waals surface area (Å²) < 4.78 is 0. The predicted molar refractivity (Wildman–Crippen MR) is 54.7 cm³/mol. The van der Waals surface area contributed by atoms with Crippen molar-refractivity contribution in [1.29, 1.82) is 0 Å². The van der Waals surface area contributed by atoms with Gasteiger partial charge in [-0.25, -0.2) is 0 Å². The van der Waals surface area contributed by atoms with Gasteiger partial charge in [0.2, 0.25) is 0 Å². The largest absolute Gasteiger partial charge is 0.324 e. The minimum Gasteiger partial charge on any atom is -0.324 e. The topological polar surface area (TPSA) is 60.2 Å². The quantitative estimate of drug-likeness (QED) is 0.735. The summed E-state index contributed by atoms with van der Waals surface area (Å²) in [6, 6.07) is 0. The molecule has 1 aliphatic rings. The highest BCUT2D eigenvalue weighted by atomic mass is 16.1. The molecule has 1 rings (SSSR count). The Kier molecular flexibility index (Phi) is 3.81. The van der Waals surface area contributed by atoms with E-state index in [0.717, 1.165) is 19.3 Å². The van der Waals surface area contributed by atoms with E-state index in [1.807, 2.05) is 13.8 Å². The zero-order valence-electron chi connectivity index (χ0n) is 8.95. The van der Waals surface area contributed by atoms with Gasteiger partial charge in [-0.1, -0.05) is 20.3 Å². The fourth-order valence-corrected chi connectivity index (χ4v) is 2.27. The molecular formula is C11H19NO2. The molecule has 2 N–H and O–H groups in total. The number of hydrogen-bond donors (Lipinski definition) is 1. The van der Waals surface area contributed by atoms with Crippen molar-refractivity contribution < 1.29 is 9.59 Å². The first kappa shape index (κ1) is 11.4. The number of rotatable bonds is 4. The van der Waals surface area contributed by atoms with E-state index in [0.29, 0.717) is 0 Å². The van der Waals surface area contributed by atoms with Gasteiger partial charge in [0.25, 0.3) is 0 Å². The average molecular weight is 197 g/mol. The molecule has 80 valence electrons. The van der Waals surface area contributed by atoms with Crippen molar-refractivity contribution in [3.8, 4) is 0 Å². The first-order valence-electron chi connectivity index (χ1n) is 5.34. The molecule has 0 aromatic heterocycles. The standard InChI is InChI=1S/C11H19NO2/c1-7(2)11(14)9-5-3-4-8(9)10(13)6-12/h7-9H,3-6,12H2,1-2H3/t8?,9-/m1/s1. The molecule has 14 heavy (non-hydrogen) atoms. The van der Waals surface area contributed by atoms with E-state index in [1.165, 1.54) is 0 Å². The van der Waals surface area contributed by atoms with Crippen LogP contribution in [0.4, 0.5) is 0 Å². The Morgan fingerprint density at radius 1 is 1.29 bits per heavy atom. The van der Waals surface area contributed by atoms with Crippen molar-refractivity contribution in [2.75, 3.05) is 6.54 Å². The number of hydrogen-bond acceptors (Lipinski definition) is 3. The third-order valence-electron chi connectivity index (χ3n) is 3.07. The average Bonchev–Trinajstić information content (AvgIpc) is 2.63. The van der Waals surface area contributed by atoms with Crippen LogP contribution in [0.15, 0.2) is 0 Å². The van der Waals surface area contributed by atoms with Gasteiger partial charge >= 0.3 is 0 Å². The molecule has 1 saturated carbocycles. The van der Waals surface area contributed by atoms with Crippen LogP contribution in [0, 0.1) is 17.8 Å². The van der Waals surface area contributed by atoms with Gasteiger partial charge in [-0.3, -0.25) is 9.59 Å². The van der Waals surface area contributed by atoms with Gasteiger partial charge in [-0.2, -0.15) is 0 Å². The minimum atomic E-state index is -0.0881. The van der Waals surface area contributed by atoms with Crippen LogP contribution in [0.3, 0.4) is 0 Å². The number of nitrogens with two attached hydrogens (primary N) is 1. The van der Waals surface area contributed by atoms with Crippen LogP contribution in [0.25, 0.3) is 0 Å². The van der Waals surface area contributed by atoms with Gasteiger partial charge in [0.1, 0.15) is 11.6 Å². The van der Waals surface area contributed by atoms with E-state index in [1.54, 1.807) is 0 Å². The van der Waals surface area contributed by atoms with Gasteiger partial charge in [-0.15, -0.1) is 0 Å². The lowest BCUT2D eigenvalue weighted by atomic mass is 9.84. The van der Waals surface area contributed by atoms with E-state index in [4.69, 9.17) is 5.73 Å². The molecule has 0 aromatic rings. The Morgan fingerprint density at radius 3 is 2.36 bits per heavy atom. The SMILES string of the molecule is CC(C)C(=O)[C@@H]1CCCC1C(=O)CN.